The molecule has 0 aliphatic heterocycles. The molecule has 2 aromatic rings. The van der Waals surface area contributed by atoms with Gasteiger partial charge in [-0.15, -0.1) is 0 Å². The molecule has 1 heterocycles. The Kier molecular flexibility index (Phi) is 2.35. The number of aromatic amines is 1. The van der Waals surface area contributed by atoms with E-state index in [2.05, 4.69) is 47.6 Å². The Balaban J connectivity index is 1.76. The summed E-state index contributed by atoms with van der Waals surface area (Å²) in [6.45, 7) is 4.71. The molecule has 1 saturated carbocycles. The third-order valence-electron chi connectivity index (χ3n) is 3.78. The first-order valence-electron chi connectivity index (χ1n) is 6.32. The van der Waals surface area contributed by atoms with Crippen molar-refractivity contribution < 1.29 is 0 Å². The quantitative estimate of drug-likeness (QED) is 0.826. The van der Waals surface area contributed by atoms with E-state index in [4.69, 9.17) is 0 Å². The molecule has 0 saturated heterocycles. The number of benzene rings is 1. The summed E-state index contributed by atoms with van der Waals surface area (Å²) >= 11 is 0. The molecule has 3 rings (SSSR count). The van der Waals surface area contributed by atoms with Crippen LogP contribution in [0.25, 0.3) is 10.9 Å². The van der Waals surface area contributed by atoms with Crippen molar-refractivity contribution in [3.05, 3.63) is 24.4 Å². The average Bonchev–Trinajstić information content (AvgIpc) is 2.84. The smallest absolute Gasteiger partial charge is 0.0651 e. The van der Waals surface area contributed by atoms with Gasteiger partial charge in [-0.05, 0) is 42.9 Å². The number of rotatable bonds is 2. The van der Waals surface area contributed by atoms with Crippen LogP contribution in [0.5, 0.6) is 0 Å². The highest BCUT2D eigenvalue weighted by molar-refractivity contribution is 5.81. The normalized spacial score (nSPS) is 23.1. The van der Waals surface area contributed by atoms with Crippen molar-refractivity contribution in [3.8, 4) is 0 Å². The summed E-state index contributed by atoms with van der Waals surface area (Å²) < 4.78 is 0. The molecule has 0 amide bonds. The summed E-state index contributed by atoms with van der Waals surface area (Å²) in [5, 5.41) is 11.8. The van der Waals surface area contributed by atoms with Gasteiger partial charge in [-0.1, -0.05) is 13.8 Å². The van der Waals surface area contributed by atoms with Gasteiger partial charge in [-0.2, -0.15) is 5.10 Å². The Hall–Kier alpha value is -1.51. The molecular formula is C14H19N3. The molecular weight excluding hydrogens is 210 g/mol. The Morgan fingerprint density at radius 1 is 1.41 bits per heavy atom. The van der Waals surface area contributed by atoms with Crippen LogP contribution in [0.4, 0.5) is 5.69 Å². The van der Waals surface area contributed by atoms with Crippen molar-refractivity contribution in [2.75, 3.05) is 5.32 Å². The number of nitrogens with zero attached hydrogens (tertiary/aromatic N) is 1. The predicted molar refractivity (Wildman–Crippen MR) is 71.1 cm³/mol. The second kappa shape index (κ2) is 3.76. The predicted octanol–water partition coefficient (Wildman–Crippen LogP) is 3.55. The van der Waals surface area contributed by atoms with E-state index in [9.17, 15) is 0 Å². The van der Waals surface area contributed by atoms with Crippen molar-refractivity contribution in [2.24, 2.45) is 5.41 Å². The zero-order chi connectivity index (χ0) is 11.9. The van der Waals surface area contributed by atoms with E-state index < -0.39 is 0 Å². The van der Waals surface area contributed by atoms with Gasteiger partial charge in [0.05, 0.1) is 11.7 Å². The maximum absolute atomic E-state index is 4.04. The monoisotopic (exact) mass is 229 g/mol. The maximum atomic E-state index is 4.04. The van der Waals surface area contributed by atoms with E-state index in [0.29, 0.717) is 11.5 Å². The van der Waals surface area contributed by atoms with Crippen LogP contribution in [0.1, 0.15) is 33.1 Å². The van der Waals surface area contributed by atoms with Gasteiger partial charge < -0.3 is 5.32 Å². The van der Waals surface area contributed by atoms with E-state index in [1.54, 1.807) is 0 Å². The molecule has 0 bridgehead atoms. The van der Waals surface area contributed by atoms with Gasteiger partial charge in [0.15, 0.2) is 0 Å². The Morgan fingerprint density at radius 3 is 3.06 bits per heavy atom. The number of fused-ring (bicyclic) bond motifs is 1. The van der Waals surface area contributed by atoms with Crippen molar-refractivity contribution in [2.45, 2.75) is 39.2 Å². The minimum Gasteiger partial charge on any atom is -0.382 e. The Bertz CT molecular complexity index is 527. The average molecular weight is 229 g/mol. The van der Waals surface area contributed by atoms with Gasteiger partial charge >= 0.3 is 0 Å². The fraction of sp³-hybridized carbons (Fsp3) is 0.500. The van der Waals surface area contributed by atoms with Gasteiger partial charge in [0.1, 0.15) is 0 Å². The highest BCUT2D eigenvalue weighted by atomic mass is 15.1. The minimum absolute atomic E-state index is 0.497. The van der Waals surface area contributed by atoms with E-state index in [1.807, 2.05) is 6.20 Å². The first kappa shape index (κ1) is 10.6. The topological polar surface area (TPSA) is 40.7 Å². The molecule has 1 aliphatic carbocycles. The van der Waals surface area contributed by atoms with E-state index in [0.717, 1.165) is 5.52 Å². The van der Waals surface area contributed by atoms with Crippen LogP contribution in [-0.4, -0.2) is 16.2 Å². The molecule has 0 spiro atoms. The number of H-pyrrole nitrogens is 1. The number of aromatic nitrogens is 2. The summed E-state index contributed by atoms with van der Waals surface area (Å²) in [4.78, 5) is 0. The lowest BCUT2D eigenvalue weighted by Crippen LogP contribution is -2.17. The van der Waals surface area contributed by atoms with Crippen molar-refractivity contribution in [1.82, 2.24) is 10.2 Å². The van der Waals surface area contributed by atoms with Crippen LogP contribution >= 0.6 is 0 Å². The molecule has 1 fully saturated rings. The van der Waals surface area contributed by atoms with Gasteiger partial charge in [-0.3, -0.25) is 5.10 Å². The second-order valence-corrected chi connectivity index (χ2v) is 5.92. The molecule has 1 aliphatic rings. The number of hydrogen-bond acceptors (Lipinski definition) is 2. The van der Waals surface area contributed by atoms with Crippen molar-refractivity contribution in [3.63, 3.8) is 0 Å². The van der Waals surface area contributed by atoms with Gasteiger partial charge in [0, 0.05) is 17.1 Å². The van der Waals surface area contributed by atoms with Crippen molar-refractivity contribution in [1.29, 1.82) is 0 Å². The largest absolute Gasteiger partial charge is 0.382 e. The molecule has 17 heavy (non-hydrogen) atoms. The molecule has 1 aromatic carbocycles. The van der Waals surface area contributed by atoms with Gasteiger partial charge in [0.2, 0.25) is 0 Å². The molecule has 3 heteroatoms. The summed E-state index contributed by atoms with van der Waals surface area (Å²) in [5.41, 5.74) is 2.81. The van der Waals surface area contributed by atoms with Crippen LogP contribution < -0.4 is 5.32 Å². The van der Waals surface area contributed by atoms with Crippen LogP contribution in [0, 0.1) is 5.41 Å². The highest BCUT2D eigenvalue weighted by Crippen LogP contribution is 2.38. The van der Waals surface area contributed by atoms with Gasteiger partial charge in [0.25, 0.3) is 0 Å². The summed E-state index contributed by atoms with van der Waals surface area (Å²) in [6.07, 6.45) is 5.73. The zero-order valence-electron chi connectivity index (χ0n) is 10.5. The fourth-order valence-corrected chi connectivity index (χ4v) is 2.83. The molecule has 1 aromatic heterocycles. The summed E-state index contributed by atoms with van der Waals surface area (Å²) in [5.74, 6) is 0. The molecule has 3 nitrogen and oxygen atoms in total. The third kappa shape index (κ3) is 2.14. The summed E-state index contributed by atoms with van der Waals surface area (Å²) in [7, 11) is 0. The SMILES string of the molecule is CC1(C)CCC(Nc2ccc3[nH]ncc3c2)C1. The van der Waals surface area contributed by atoms with Crippen LogP contribution in [-0.2, 0) is 0 Å². The molecule has 1 atom stereocenters. The Labute approximate surface area is 102 Å². The maximum Gasteiger partial charge on any atom is 0.0651 e. The molecule has 0 radical (unpaired) electrons. The molecule has 90 valence electrons. The minimum atomic E-state index is 0.497. The Morgan fingerprint density at radius 2 is 2.29 bits per heavy atom. The molecule has 1 unspecified atom stereocenters. The van der Waals surface area contributed by atoms with E-state index in [1.165, 1.54) is 30.3 Å². The number of hydrogen-bond donors (Lipinski definition) is 2. The van der Waals surface area contributed by atoms with E-state index >= 15 is 0 Å². The standard InChI is InChI=1S/C14H19N3/c1-14(2)6-5-12(8-14)16-11-3-4-13-10(7-11)9-15-17-13/h3-4,7,9,12,16H,5-6,8H2,1-2H3,(H,15,17). The zero-order valence-corrected chi connectivity index (χ0v) is 10.5. The second-order valence-electron chi connectivity index (χ2n) is 5.92. The first-order valence-corrected chi connectivity index (χ1v) is 6.32. The van der Waals surface area contributed by atoms with Crippen LogP contribution in [0.2, 0.25) is 0 Å². The lowest BCUT2D eigenvalue weighted by atomic mass is 9.92. The number of anilines is 1. The van der Waals surface area contributed by atoms with Gasteiger partial charge in [-0.25, -0.2) is 0 Å². The molecule has 2 N–H and O–H groups in total. The lowest BCUT2D eigenvalue weighted by molar-refractivity contribution is 0.378. The highest BCUT2D eigenvalue weighted by Gasteiger charge is 2.30. The van der Waals surface area contributed by atoms with E-state index in [-0.39, 0.29) is 0 Å². The first-order chi connectivity index (χ1) is 8.12. The number of nitrogens with one attached hydrogen (secondary N) is 2. The van der Waals surface area contributed by atoms with Crippen molar-refractivity contribution >= 4 is 16.6 Å². The lowest BCUT2D eigenvalue weighted by Gasteiger charge is -2.18. The summed E-state index contributed by atoms with van der Waals surface area (Å²) in [6, 6.07) is 7.01. The van der Waals surface area contributed by atoms with Crippen LogP contribution in [0.15, 0.2) is 24.4 Å². The fourth-order valence-electron chi connectivity index (χ4n) is 2.83. The third-order valence-corrected chi connectivity index (χ3v) is 3.78. The van der Waals surface area contributed by atoms with Crippen LogP contribution in [0.3, 0.4) is 0 Å².